The zero-order valence-corrected chi connectivity index (χ0v) is 19.0. The summed E-state index contributed by atoms with van der Waals surface area (Å²) in [5.41, 5.74) is 3.20. The summed E-state index contributed by atoms with van der Waals surface area (Å²) < 4.78 is 1.72. The summed E-state index contributed by atoms with van der Waals surface area (Å²) in [5, 5.41) is 1.33. The minimum absolute atomic E-state index is 0.0123. The fourth-order valence-corrected chi connectivity index (χ4v) is 6.04. The molecule has 152 valence electrons. The first-order valence-corrected chi connectivity index (χ1v) is 11.6. The quantitative estimate of drug-likeness (QED) is 0.446. The number of thioether (sulfide) groups is 1. The summed E-state index contributed by atoms with van der Waals surface area (Å²) in [6.45, 7) is 10.0. The predicted molar refractivity (Wildman–Crippen MR) is 122 cm³/mol. The summed E-state index contributed by atoms with van der Waals surface area (Å²) in [7, 11) is 0. The van der Waals surface area contributed by atoms with Crippen LogP contribution in [0.3, 0.4) is 0 Å². The number of benzene rings is 1. The molecule has 1 atom stereocenters. The smallest absolute Gasteiger partial charge is 0.263 e. The van der Waals surface area contributed by atoms with E-state index in [1.807, 2.05) is 50.8 Å². The number of aryl methyl sites for hydroxylation is 2. The van der Waals surface area contributed by atoms with Crippen molar-refractivity contribution in [3.05, 3.63) is 50.6 Å². The molecule has 1 unspecified atom stereocenters. The second kappa shape index (κ2) is 7.61. The third kappa shape index (κ3) is 3.40. The molecule has 0 saturated heterocycles. The van der Waals surface area contributed by atoms with E-state index in [1.165, 1.54) is 17.3 Å². The molecule has 0 radical (unpaired) electrons. The van der Waals surface area contributed by atoms with Gasteiger partial charge in [-0.1, -0.05) is 30.0 Å². The van der Waals surface area contributed by atoms with Gasteiger partial charge in [-0.2, -0.15) is 0 Å². The lowest BCUT2D eigenvalue weighted by Gasteiger charge is -2.23. The number of thiophene rings is 1. The van der Waals surface area contributed by atoms with Crippen LogP contribution in [0, 0.1) is 13.8 Å². The largest absolute Gasteiger partial charge is 0.308 e. The number of anilines is 1. The monoisotopic (exact) mass is 427 g/mol. The molecule has 3 aromatic rings. The first-order valence-electron chi connectivity index (χ1n) is 9.84. The average Bonchev–Trinajstić information content (AvgIpc) is 3.15. The lowest BCUT2D eigenvalue weighted by molar-refractivity contribution is -0.116. The van der Waals surface area contributed by atoms with Gasteiger partial charge in [0.15, 0.2) is 5.16 Å². The van der Waals surface area contributed by atoms with Gasteiger partial charge in [0.1, 0.15) is 4.83 Å². The van der Waals surface area contributed by atoms with Crippen LogP contribution in [0.4, 0.5) is 5.69 Å². The van der Waals surface area contributed by atoms with E-state index in [2.05, 4.69) is 13.0 Å². The summed E-state index contributed by atoms with van der Waals surface area (Å²) in [6.07, 6.45) is 0.876. The Bertz CT molecular complexity index is 1160. The Morgan fingerprint density at radius 3 is 2.76 bits per heavy atom. The van der Waals surface area contributed by atoms with Gasteiger partial charge in [0.25, 0.3) is 5.56 Å². The number of para-hydroxylation sites is 1. The highest BCUT2D eigenvalue weighted by Gasteiger charge is 2.30. The molecule has 0 N–H and O–H groups in total. The van der Waals surface area contributed by atoms with Gasteiger partial charge < -0.3 is 4.90 Å². The topological polar surface area (TPSA) is 55.2 Å². The average molecular weight is 428 g/mol. The van der Waals surface area contributed by atoms with Crippen molar-refractivity contribution in [2.45, 2.75) is 58.3 Å². The molecule has 3 heterocycles. The van der Waals surface area contributed by atoms with Gasteiger partial charge in [-0.3, -0.25) is 14.2 Å². The molecular formula is C22H25N3O2S2. The number of hydrogen-bond acceptors (Lipinski definition) is 5. The van der Waals surface area contributed by atoms with E-state index < -0.39 is 0 Å². The van der Waals surface area contributed by atoms with E-state index in [1.54, 1.807) is 15.9 Å². The molecule has 29 heavy (non-hydrogen) atoms. The number of amides is 1. The number of aromatic nitrogens is 2. The fourth-order valence-electron chi connectivity index (χ4n) is 3.99. The van der Waals surface area contributed by atoms with Crippen molar-refractivity contribution in [1.29, 1.82) is 0 Å². The molecule has 4 rings (SSSR count). The van der Waals surface area contributed by atoms with Gasteiger partial charge in [0.2, 0.25) is 5.91 Å². The number of hydrogen-bond donors (Lipinski definition) is 0. The van der Waals surface area contributed by atoms with Gasteiger partial charge >= 0.3 is 0 Å². The summed E-state index contributed by atoms with van der Waals surface area (Å²) in [5.74, 6) is 0.308. The molecular weight excluding hydrogens is 402 g/mol. The zero-order valence-electron chi connectivity index (χ0n) is 17.4. The highest BCUT2D eigenvalue weighted by molar-refractivity contribution is 7.99. The SMILES string of the molecule is Cc1sc2nc(SCC(=O)N3c4ccccc4CC3C)n(C(C)C)c(=O)c2c1C. The highest BCUT2D eigenvalue weighted by Crippen LogP contribution is 2.33. The van der Waals surface area contributed by atoms with Crippen molar-refractivity contribution >= 4 is 44.9 Å². The van der Waals surface area contributed by atoms with Crippen molar-refractivity contribution in [2.75, 3.05) is 10.7 Å². The Hall–Kier alpha value is -2.12. The van der Waals surface area contributed by atoms with Crippen LogP contribution in [-0.4, -0.2) is 27.3 Å². The highest BCUT2D eigenvalue weighted by atomic mass is 32.2. The van der Waals surface area contributed by atoms with Gasteiger partial charge in [-0.05, 0) is 58.2 Å². The van der Waals surface area contributed by atoms with Gasteiger partial charge in [0.05, 0.1) is 11.1 Å². The van der Waals surface area contributed by atoms with E-state index >= 15 is 0 Å². The fraction of sp³-hybridized carbons (Fsp3) is 0.409. The van der Waals surface area contributed by atoms with Crippen molar-refractivity contribution in [3.63, 3.8) is 0 Å². The first-order chi connectivity index (χ1) is 13.8. The van der Waals surface area contributed by atoms with Crippen LogP contribution in [0.5, 0.6) is 0 Å². The number of carbonyl (C=O) groups is 1. The van der Waals surface area contributed by atoms with E-state index in [0.29, 0.717) is 10.5 Å². The van der Waals surface area contributed by atoms with Crippen molar-refractivity contribution in [3.8, 4) is 0 Å². The summed E-state index contributed by atoms with van der Waals surface area (Å²) >= 11 is 2.90. The number of fused-ring (bicyclic) bond motifs is 2. The third-order valence-corrected chi connectivity index (χ3v) is 7.56. The van der Waals surface area contributed by atoms with Crippen LogP contribution in [0.25, 0.3) is 10.2 Å². The van der Waals surface area contributed by atoms with Crippen LogP contribution < -0.4 is 10.5 Å². The maximum atomic E-state index is 13.2. The van der Waals surface area contributed by atoms with E-state index in [0.717, 1.165) is 27.4 Å². The summed E-state index contributed by atoms with van der Waals surface area (Å²) in [4.78, 5) is 34.8. The number of nitrogens with zero attached hydrogens (tertiary/aromatic N) is 3. The predicted octanol–water partition coefficient (Wildman–Crippen LogP) is 4.73. The molecule has 1 aromatic carbocycles. The van der Waals surface area contributed by atoms with Crippen LogP contribution in [-0.2, 0) is 11.2 Å². The zero-order chi connectivity index (χ0) is 20.9. The third-order valence-electron chi connectivity index (χ3n) is 5.52. The Morgan fingerprint density at radius 1 is 1.31 bits per heavy atom. The van der Waals surface area contributed by atoms with Gasteiger partial charge in [0, 0.05) is 22.6 Å². The van der Waals surface area contributed by atoms with Crippen LogP contribution >= 0.6 is 23.1 Å². The molecule has 1 amide bonds. The molecule has 0 bridgehead atoms. The molecule has 1 aliphatic heterocycles. The molecule has 0 fully saturated rings. The second-order valence-corrected chi connectivity index (χ2v) is 10.0. The Labute approximate surface area is 178 Å². The van der Waals surface area contributed by atoms with E-state index in [4.69, 9.17) is 4.98 Å². The van der Waals surface area contributed by atoms with Crippen LogP contribution in [0.2, 0.25) is 0 Å². The molecule has 2 aromatic heterocycles. The van der Waals surface area contributed by atoms with Crippen LogP contribution in [0.1, 0.15) is 42.8 Å². The minimum atomic E-state index is -0.0250. The lowest BCUT2D eigenvalue weighted by Crippen LogP contribution is -2.37. The molecule has 0 saturated carbocycles. The second-order valence-electron chi connectivity index (χ2n) is 7.86. The number of carbonyl (C=O) groups excluding carboxylic acids is 1. The Balaban J connectivity index is 1.66. The first kappa shape index (κ1) is 20.2. The maximum Gasteiger partial charge on any atom is 0.263 e. The van der Waals surface area contributed by atoms with Crippen LogP contribution in [0.15, 0.2) is 34.2 Å². The Morgan fingerprint density at radius 2 is 2.03 bits per heavy atom. The molecule has 5 nitrogen and oxygen atoms in total. The number of rotatable bonds is 4. The lowest BCUT2D eigenvalue weighted by atomic mass is 10.1. The molecule has 7 heteroatoms. The van der Waals surface area contributed by atoms with Crippen molar-refractivity contribution in [2.24, 2.45) is 0 Å². The molecule has 0 spiro atoms. The molecule has 0 aliphatic carbocycles. The van der Waals surface area contributed by atoms with Gasteiger partial charge in [-0.25, -0.2) is 4.98 Å². The van der Waals surface area contributed by atoms with Crippen molar-refractivity contribution in [1.82, 2.24) is 9.55 Å². The standard InChI is InChI=1S/C22H25N3O2S2/c1-12(2)24-21(27)19-14(4)15(5)29-20(19)23-22(24)28-11-18(26)25-13(3)10-16-8-6-7-9-17(16)25/h6-9,12-13H,10-11H2,1-5H3. The Kier molecular flexibility index (Phi) is 5.29. The maximum absolute atomic E-state index is 13.2. The normalized spacial score (nSPS) is 16.1. The van der Waals surface area contributed by atoms with Gasteiger partial charge in [-0.15, -0.1) is 11.3 Å². The minimum Gasteiger partial charge on any atom is -0.308 e. The molecule has 1 aliphatic rings. The van der Waals surface area contributed by atoms with Crippen molar-refractivity contribution < 1.29 is 4.79 Å². The van der Waals surface area contributed by atoms with E-state index in [9.17, 15) is 9.59 Å². The summed E-state index contributed by atoms with van der Waals surface area (Å²) in [6, 6.07) is 8.19. The van der Waals surface area contributed by atoms with E-state index in [-0.39, 0.29) is 29.3 Å².